The van der Waals surface area contributed by atoms with Crippen molar-refractivity contribution in [1.82, 2.24) is 19.6 Å². The Morgan fingerprint density at radius 2 is 0.661 bits per heavy atom. The maximum Gasteiger partial charge on any atom is 0.336 e. The summed E-state index contributed by atoms with van der Waals surface area (Å²) in [5.41, 5.74) is 1.19. The molecule has 4 N–H and O–H groups in total. The summed E-state index contributed by atoms with van der Waals surface area (Å²) in [6.45, 7) is 9.55. The second-order valence-corrected chi connectivity index (χ2v) is 28.6. The Morgan fingerprint density at radius 3 is 0.917 bits per heavy atom. The Morgan fingerprint density at radius 1 is 0.394 bits per heavy atom. The summed E-state index contributed by atoms with van der Waals surface area (Å²) in [4.78, 5) is 128. The van der Waals surface area contributed by atoms with Crippen molar-refractivity contribution in [1.29, 1.82) is 0 Å². The molecule has 8 amide bonds. The van der Waals surface area contributed by atoms with Gasteiger partial charge < -0.3 is 34.6 Å². The van der Waals surface area contributed by atoms with Crippen LogP contribution < -0.4 is 14.2 Å². The van der Waals surface area contributed by atoms with Gasteiger partial charge in [-0.25, -0.2) is 9.59 Å². The van der Waals surface area contributed by atoms with E-state index in [-0.39, 0.29) is 116 Å². The minimum atomic E-state index is -1.38. The van der Waals surface area contributed by atoms with E-state index in [1.54, 1.807) is 54.6 Å². The lowest BCUT2D eigenvalue weighted by Gasteiger charge is -2.35. The normalized spacial score (nSPS) is 12.9. The largest absolute Gasteiger partial charge is 0.508 e. The number of hydrogen-bond donors (Lipinski definition) is 4. The summed E-state index contributed by atoms with van der Waals surface area (Å²) in [6.07, 6.45) is 2.62. The number of phenolic OH excluding ortho intramolecular Hbond substituents is 2. The molecular weight excluding hydrogens is 1710 g/mol. The number of carboxylic acids is 2. The van der Waals surface area contributed by atoms with Crippen molar-refractivity contribution in [3.63, 3.8) is 0 Å². The number of aromatic carboxylic acids is 2. The van der Waals surface area contributed by atoms with Gasteiger partial charge in [-0.2, -0.15) is 0 Å². The van der Waals surface area contributed by atoms with E-state index in [4.69, 9.17) is 91.4 Å². The van der Waals surface area contributed by atoms with Gasteiger partial charge >= 0.3 is 11.9 Å². The minimum absolute atomic E-state index is 0. The van der Waals surface area contributed by atoms with Crippen molar-refractivity contribution in [3.8, 4) is 28.7 Å². The predicted molar refractivity (Wildman–Crippen MR) is 461 cm³/mol. The molecule has 4 aliphatic rings. The lowest BCUT2D eigenvalue weighted by molar-refractivity contribution is 0.0518. The Balaban J connectivity index is 0.000000450. The van der Waals surface area contributed by atoms with Gasteiger partial charge in [-0.3, -0.25) is 58.0 Å². The molecule has 5 aromatic rings. The van der Waals surface area contributed by atoms with Crippen molar-refractivity contribution >= 4 is 246 Å². The number of amides is 8. The number of imide groups is 4. The SMILES string of the molecule is BrCC(CBr)(CBr)CBr.C.C.CCCCN1C(=O)c2ccc(O)cc2C1=O.CCCCN1C(=O)c2ccc(OCC(CBr)(COc3ccc4c(c3)C(=O)N(CCCC)C4=O)COc3ccc4c(c3)C(=O)N(CCCC)C4=O)cc2C1=O.O=C(O)c1ccc(O)cc1C(=O)O.[B][B]B([B])B(B([B])[B])B(B([B])[B])B([B])[B]. The number of rotatable bonds is 34. The van der Waals surface area contributed by atoms with Gasteiger partial charge in [0.15, 0.2) is 0 Å². The van der Waals surface area contributed by atoms with Crippen LogP contribution in [-0.2, 0) is 0 Å². The van der Waals surface area contributed by atoms with Crippen LogP contribution in [0.15, 0.2) is 91.0 Å². The number of ether oxygens (including phenoxy) is 3. The fraction of sp³-hybridized carbons (Fsp3) is 0.412. The third kappa shape index (κ3) is 25.0. The smallest absolute Gasteiger partial charge is 0.336 e. The van der Waals surface area contributed by atoms with Gasteiger partial charge in [0.25, 0.3) is 47.3 Å². The number of halogens is 5. The summed E-state index contributed by atoms with van der Waals surface area (Å²) >= 11 is 17.5. The van der Waals surface area contributed by atoms with Crippen LogP contribution in [0.1, 0.15) is 197 Å². The van der Waals surface area contributed by atoms with Crippen LogP contribution in [-0.4, -0.2) is 279 Å². The Bertz CT molecular complexity index is 3770. The van der Waals surface area contributed by atoms with Crippen LogP contribution in [0.2, 0.25) is 0 Å². The van der Waals surface area contributed by atoms with Gasteiger partial charge in [-0.15, -0.1) is 0 Å². The number of carbonyl (C=O) groups excluding carboxylic acids is 8. The van der Waals surface area contributed by atoms with Crippen LogP contribution in [0.25, 0.3) is 0 Å². The molecule has 5 aromatic carbocycles. The van der Waals surface area contributed by atoms with Gasteiger partial charge in [-0.1, -0.05) is 148 Å². The van der Waals surface area contributed by atoms with Gasteiger partial charge in [0.1, 0.15) is 48.6 Å². The van der Waals surface area contributed by atoms with Crippen molar-refractivity contribution in [2.75, 3.05) is 72.7 Å². The molecule has 0 aliphatic carbocycles. The number of carboxylic acid groups (broad SMARTS) is 2. The summed E-state index contributed by atoms with van der Waals surface area (Å²) in [6, 6.07) is 21.8. The molecule has 21 nitrogen and oxygen atoms in total. The summed E-state index contributed by atoms with van der Waals surface area (Å²) in [7, 11) is 45.8. The second-order valence-electron chi connectivity index (χ2n) is 25.8. The maximum atomic E-state index is 13.1. The van der Waals surface area contributed by atoms with E-state index < -0.39 is 61.2 Å². The third-order valence-corrected chi connectivity index (χ3v) is 23.6. The van der Waals surface area contributed by atoms with Crippen molar-refractivity contribution in [2.24, 2.45) is 10.8 Å². The zero-order chi connectivity index (χ0) is 79.8. The van der Waals surface area contributed by atoms with E-state index in [2.05, 4.69) is 79.6 Å². The van der Waals surface area contributed by atoms with Crippen LogP contribution >= 0.6 is 79.6 Å². The van der Waals surface area contributed by atoms with Crippen LogP contribution in [0, 0.1) is 10.8 Å². The highest BCUT2D eigenvalue weighted by molar-refractivity contribution is 9.11. The standard InChI is InChI=1S/C41H44BrN3O9.C12H13NO3.C8H6O5.C5H8Br4.2CH4.B15/c1-4-7-16-43-35(46)29-13-10-26(19-32(29)38(43)49)52-23-41(22-42,24-53-27-11-14-30-33(20-27)39(50)44(36(30)47)17-8-5-2)25-54-28-12-15-31-34(21-28)40(51)45(37(31)48)18-9-6-3;1-2-3-6-13-11(15)9-5-4-8(14)7-10(9)12(13)16;9-4-1-2-5(7(10)11)6(3-4)8(12)13;6-1-5(2-7,3-8)4-9;;;1-9-13(8)15(12(6)7)14(10(2)3)11(4)5/h10-15,19-21H,4-9,16-18,22-25H2,1-3H3;4-5,7,14H,2-3,6H2,1H3;1-3,9H,(H,10,11)(H,12,13);1-4H2;2*1H4;. The highest BCUT2D eigenvalue weighted by atomic mass is 79.9. The number of unbranched alkanes of at least 4 members (excludes halogenated alkanes) is 4. The van der Waals surface area contributed by atoms with E-state index in [1.165, 1.54) is 44.9 Å². The predicted octanol–water partition coefficient (Wildman–Crippen LogP) is 8.48. The van der Waals surface area contributed by atoms with Gasteiger partial charge in [-0.05, 0) is 117 Å². The number of phenols is 2. The molecule has 0 saturated heterocycles. The average molecular weight is 1790 g/mol. The molecule has 17 radical (unpaired) electrons. The maximum absolute atomic E-state index is 13.1. The zero-order valence-electron chi connectivity index (χ0n) is 59.7. The first kappa shape index (κ1) is 97.2. The molecule has 109 heavy (non-hydrogen) atoms. The first-order chi connectivity index (χ1) is 50.8. The molecule has 0 fully saturated rings. The van der Waals surface area contributed by atoms with E-state index in [9.17, 15) is 53.1 Å². The van der Waals surface area contributed by atoms with Crippen LogP contribution in [0.3, 0.4) is 0 Å². The topological polar surface area (TPSA) is 292 Å². The first-order valence-electron chi connectivity index (χ1n) is 34.3. The molecule has 0 saturated carbocycles. The molecule has 0 aromatic heterocycles. The number of nitrogens with zero attached hydrogens (tertiary/aromatic N) is 4. The molecule has 553 valence electrons. The van der Waals surface area contributed by atoms with E-state index >= 15 is 0 Å². The fourth-order valence-electron chi connectivity index (χ4n) is 11.2. The van der Waals surface area contributed by atoms with Gasteiger partial charge in [0, 0.05) is 166 Å². The quantitative estimate of drug-likeness (QED) is 0.0170. The lowest BCUT2D eigenvalue weighted by Crippen LogP contribution is -2.73. The fourth-order valence-corrected chi connectivity index (χ4v) is 17.2. The van der Waals surface area contributed by atoms with E-state index in [0.29, 0.717) is 101 Å². The molecule has 4 aliphatic heterocycles. The zero-order valence-corrected chi connectivity index (χ0v) is 67.7. The number of alkyl halides is 5. The number of benzene rings is 5. The number of fused-ring (bicyclic) bond motifs is 4. The van der Waals surface area contributed by atoms with Crippen LogP contribution in [0.5, 0.6) is 28.7 Å². The van der Waals surface area contributed by atoms with E-state index in [0.717, 1.165) is 71.6 Å². The summed E-state index contributed by atoms with van der Waals surface area (Å²) in [5.74, 6) is -4.45. The van der Waals surface area contributed by atoms with Crippen molar-refractivity contribution < 1.29 is 82.6 Å². The Labute approximate surface area is 695 Å². The number of carbonyl (C=O) groups is 10. The average Bonchev–Trinajstić information content (AvgIpc) is 1.65. The third-order valence-electron chi connectivity index (χ3n) is 17.7. The minimum Gasteiger partial charge on any atom is -0.508 e. The van der Waals surface area contributed by atoms with Gasteiger partial charge in [0.05, 0.1) is 61.0 Å². The van der Waals surface area contributed by atoms with Gasteiger partial charge in [0.2, 0.25) is 0 Å². The summed E-state index contributed by atoms with van der Waals surface area (Å²) < 4.78 is 18.9. The monoisotopic (exact) mass is 1780 g/mol. The molecule has 0 bridgehead atoms. The molecule has 9 rings (SSSR count). The molecule has 0 atom stereocenters. The van der Waals surface area contributed by atoms with Crippen molar-refractivity contribution in [3.05, 3.63) is 147 Å². The molecule has 0 unspecified atom stereocenters. The molecule has 0 spiro atoms. The Kier molecular flexibility index (Phi) is 41.2. The number of aromatic hydroxyl groups is 2. The second kappa shape index (κ2) is 46.2. The molecule has 4 heterocycles. The van der Waals surface area contributed by atoms with E-state index in [1.807, 2.05) is 27.7 Å². The lowest BCUT2D eigenvalue weighted by atomic mass is 8.46. The molecule has 41 heteroatoms. The molecular formula is C68H79B15Br5N4O17. The summed E-state index contributed by atoms with van der Waals surface area (Å²) in [5, 5.41) is 39.7. The highest BCUT2D eigenvalue weighted by Crippen LogP contribution is 2.35. The van der Waals surface area contributed by atoms with Crippen molar-refractivity contribution in [2.45, 2.75) is 93.9 Å². The number of hydrogen-bond acceptors (Lipinski definition) is 15. The van der Waals surface area contributed by atoms with Crippen LogP contribution in [0.4, 0.5) is 0 Å². The first-order valence-corrected chi connectivity index (χ1v) is 39.9. The Hall–Kier alpha value is -6.03. The highest BCUT2D eigenvalue weighted by Gasteiger charge is 2.42.